The highest BCUT2D eigenvalue weighted by atomic mass is 35.5. The summed E-state index contributed by atoms with van der Waals surface area (Å²) in [4.78, 5) is 25.8. The normalized spacial score (nSPS) is 9.96. The Balaban J connectivity index is 2.10. The average molecular weight is 362 g/mol. The minimum Gasteiger partial charge on any atom is -0.345 e. The van der Waals surface area contributed by atoms with E-state index in [9.17, 15) is 9.59 Å². The van der Waals surface area contributed by atoms with Gasteiger partial charge in [-0.05, 0) is 42.5 Å². The van der Waals surface area contributed by atoms with Crippen LogP contribution in [0.4, 0.5) is 5.69 Å². The molecular weight excluding hydrogens is 346 g/mol. The minimum absolute atomic E-state index is 0.0963. The van der Waals surface area contributed by atoms with Crippen molar-refractivity contribution in [2.45, 2.75) is 0 Å². The quantitative estimate of drug-likeness (QED) is 0.824. The van der Waals surface area contributed by atoms with Crippen molar-refractivity contribution in [1.29, 1.82) is 0 Å². The first-order valence-electron chi connectivity index (χ1n) is 7.07. The summed E-state index contributed by atoms with van der Waals surface area (Å²) in [5.74, 6) is -0.548. The van der Waals surface area contributed by atoms with E-state index in [1.165, 1.54) is 4.90 Å². The monoisotopic (exact) mass is 361 g/mol. The Hall–Kier alpha value is -2.44. The lowest BCUT2D eigenvalue weighted by Gasteiger charge is -2.16. The molecule has 0 atom stereocenters. The molecule has 0 radical (unpaired) electrons. The van der Waals surface area contributed by atoms with Gasteiger partial charge in [-0.2, -0.15) is 0 Å². The number of carbonyl (C=O) groups excluding carboxylic acids is 2. The number of nitrogens with zero attached hydrogens (tertiary/aromatic N) is 1. The molecule has 0 saturated heterocycles. The number of hydrogen-bond donors (Lipinski definition) is 2. The van der Waals surface area contributed by atoms with E-state index in [1.807, 2.05) is 0 Å². The van der Waals surface area contributed by atoms with Crippen molar-refractivity contribution in [3.05, 3.63) is 64.7 Å². The summed E-state index contributed by atoms with van der Waals surface area (Å²) in [6.07, 6.45) is 0. The summed E-state index contributed by atoms with van der Waals surface area (Å²) in [6.45, 7) is 0. The van der Waals surface area contributed by atoms with Crippen LogP contribution in [-0.2, 0) is 0 Å². The number of para-hydroxylation sites is 1. The number of rotatable bonds is 3. The molecule has 0 fully saturated rings. The van der Waals surface area contributed by atoms with Gasteiger partial charge in [0.1, 0.15) is 0 Å². The summed E-state index contributed by atoms with van der Waals surface area (Å²) >= 11 is 11.0. The number of benzene rings is 2. The maximum Gasteiger partial charge on any atom is 0.257 e. The summed E-state index contributed by atoms with van der Waals surface area (Å²) in [5.41, 5.74) is 1.37. The summed E-state index contributed by atoms with van der Waals surface area (Å²) < 4.78 is 0. The van der Waals surface area contributed by atoms with Crippen LogP contribution in [0.2, 0.25) is 5.02 Å². The van der Waals surface area contributed by atoms with Crippen LogP contribution in [0.3, 0.4) is 0 Å². The highest BCUT2D eigenvalue weighted by Crippen LogP contribution is 2.16. The number of nitrogens with one attached hydrogen (secondary N) is 2. The standard InChI is InChI=1S/C17H16ClN3O2S/c1-21(2)16(23)13-8-3-4-9-14(13)19-17(24)20-15(22)11-6-5-7-12(18)10-11/h3-10H,1-2H3,(H2,19,20,22,24). The second-order valence-corrected chi connectivity index (χ2v) is 6.01. The lowest BCUT2D eigenvalue weighted by molar-refractivity contribution is 0.0828. The van der Waals surface area contributed by atoms with Gasteiger partial charge < -0.3 is 10.2 Å². The zero-order valence-corrected chi connectivity index (χ0v) is 14.7. The molecule has 0 bridgehead atoms. The molecule has 0 unspecified atom stereocenters. The smallest absolute Gasteiger partial charge is 0.257 e. The van der Waals surface area contributed by atoms with Crippen LogP contribution in [-0.4, -0.2) is 35.9 Å². The maximum absolute atomic E-state index is 12.2. The molecule has 2 aromatic rings. The van der Waals surface area contributed by atoms with Crippen molar-refractivity contribution in [3.8, 4) is 0 Å². The molecule has 0 spiro atoms. The van der Waals surface area contributed by atoms with Gasteiger partial charge in [0.25, 0.3) is 11.8 Å². The molecule has 0 aliphatic heterocycles. The molecule has 2 N–H and O–H groups in total. The SMILES string of the molecule is CN(C)C(=O)c1ccccc1NC(=S)NC(=O)c1cccc(Cl)c1. The lowest BCUT2D eigenvalue weighted by atomic mass is 10.1. The van der Waals surface area contributed by atoms with Crippen LogP contribution >= 0.6 is 23.8 Å². The topological polar surface area (TPSA) is 61.4 Å². The fourth-order valence-corrected chi connectivity index (χ4v) is 2.37. The van der Waals surface area contributed by atoms with Crippen molar-refractivity contribution in [1.82, 2.24) is 10.2 Å². The molecule has 0 heterocycles. The zero-order chi connectivity index (χ0) is 17.7. The number of halogens is 1. The molecule has 0 aromatic heterocycles. The first-order chi connectivity index (χ1) is 11.4. The van der Waals surface area contributed by atoms with Gasteiger partial charge in [-0.1, -0.05) is 29.8 Å². The second-order valence-electron chi connectivity index (χ2n) is 5.16. The van der Waals surface area contributed by atoms with E-state index < -0.39 is 0 Å². The predicted octanol–water partition coefficient (Wildman–Crippen LogP) is 3.17. The van der Waals surface area contributed by atoms with Gasteiger partial charge in [0, 0.05) is 24.7 Å². The molecule has 5 nitrogen and oxygen atoms in total. The first kappa shape index (κ1) is 17.9. The molecular formula is C17H16ClN3O2S. The van der Waals surface area contributed by atoms with Crippen LogP contribution in [0, 0.1) is 0 Å². The summed E-state index contributed by atoms with van der Waals surface area (Å²) in [5, 5.41) is 6.00. The first-order valence-corrected chi connectivity index (χ1v) is 7.85. The molecule has 0 aliphatic rings. The van der Waals surface area contributed by atoms with E-state index in [4.69, 9.17) is 23.8 Å². The summed E-state index contributed by atoms with van der Waals surface area (Å²) in [7, 11) is 3.33. The van der Waals surface area contributed by atoms with E-state index in [1.54, 1.807) is 62.6 Å². The van der Waals surface area contributed by atoms with Gasteiger partial charge in [0.15, 0.2) is 5.11 Å². The average Bonchev–Trinajstić information content (AvgIpc) is 2.54. The Morgan fingerprint density at radius 1 is 1.08 bits per heavy atom. The molecule has 124 valence electrons. The van der Waals surface area contributed by atoms with Crippen LogP contribution in [0.25, 0.3) is 0 Å². The van der Waals surface area contributed by atoms with E-state index in [0.29, 0.717) is 21.8 Å². The zero-order valence-electron chi connectivity index (χ0n) is 13.2. The van der Waals surface area contributed by atoms with Gasteiger partial charge in [-0.25, -0.2) is 0 Å². The fourth-order valence-electron chi connectivity index (χ4n) is 1.98. The van der Waals surface area contributed by atoms with Crippen molar-refractivity contribution in [2.24, 2.45) is 0 Å². The largest absolute Gasteiger partial charge is 0.345 e. The highest BCUT2D eigenvalue weighted by Gasteiger charge is 2.14. The fraction of sp³-hybridized carbons (Fsp3) is 0.118. The van der Waals surface area contributed by atoms with Gasteiger partial charge >= 0.3 is 0 Å². The van der Waals surface area contributed by atoms with Crippen molar-refractivity contribution in [2.75, 3.05) is 19.4 Å². The van der Waals surface area contributed by atoms with E-state index >= 15 is 0 Å². The lowest BCUT2D eigenvalue weighted by Crippen LogP contribution is -2.35. The van der Waals surface area contributed by atoms with E-state index in [2.05, 4.69) is 10.6 Å². The highest BCUT2D eigenvalue weighted by molar-refractivity contribution is 7.80. The van der Waals surface area contributed by atoms with Crippen molar-refractivity contribution >= 4 is 46.4 Å². The molecule has 0 saturated carbocycles. The van der Waals surface area contributed by atoms with Gasteiger partial charge in [0.05, 0.1) is 11.3 Å². The predicted molar refractivity (Wildman–Crippen MR) is 99.6 cm³/mol. The Kier molecular flexibility index (Phi) is 5.89. The Labute approximate surface area is 150 Å². The van der Waals surface area contributed by atoms with Crippen LogP contribution in [0.5, 0.6) is 0 Å². The van der Waals surface area contributed by atoms with Gasteiger partial charge in [-0.3, -0.25) is 14.9 Å². The van der Waals surface area contributed by atoms with Gasteiger partial charge in [-0.15, -0.1) is 0 Å². The third-order valence-electron chi connectivity index (χ3n) is 3.13. The third-order valence-corrected chi connectivity index (χ3v) is 3.56. The molecule has 7 heteroatoms. The van der Waals surface area contributed by atoms with Crippen LogP contribution in [0.1, 0.15) is 20.7 Å². The summed E-state index contributed by atoms with van der Waals surface area (Å²) in [6, 6.07) is 13.5. The Bertz CT molecular complexity index is 793. The number of hydrogen-bond acceptors (Lipinski definition) is 3. The Morgan fingerprint density at radius 3 is 2.46 bits per heavy atom. The minimum atomic E-state index is -0.383. The molecule has 2 rings (SSSR count). The van der Waals surface area contributed by atoms with Crippen LogP contribution in [0.15, 0.2) is 48.5 Å². The Morgan fingerprint density at radius 2 is 1.79 bits per heavy atom. The molecule has 24 heavy (non-hydrogen) atoms. The van der Waals surface area contributed by atoms with Crippen LogP contribution < -0.4 is 10.6 Å². The maximum atomic E-state index is 12.2. The van der Waals surface area contributed by atoms with Crippen molar-refractivity contribution < 1.29 is 9.59 Å². The molecule has 2 aromatic carbocycles. The van der Waals surface area contributed by atoms with Crippen molar-refractivity contribution in [3.63, 3.8) is 0 Å². The number of carbonyl (C=O) groups is 2. The number of amides is 2. The van der Waals surface area contributed by atoms with E-state index in [-0.39, 0.29) is 16.9 Å². The molecule has 0 aliphatic carbocycles. The molecule has 2 amide bonds. The second kappa shape index (κ2) is 7.90. The number of thiocarbonyl (C=S) groups is 1. The van der Waals surface area contributed by atoms with E-state index in [0.717, 1.165) is 0 Å². The van der Waals surface area contributed by atoms with Gasteiger partial charge in [0.2, 0.25) is 0 Å². The number of anilines is 1. The third kappa shape index (κ3) is 4.53.